The van der Waals surface area contributed by atoms with Crippen LogP contribution in [0.4, 0.5) is 0 Å². The van der Waals surface area contributed by atoms with E-state index in [9.17, 15) is 13.2 Å². The van der Waals surface area contributed by atoms with Gasteiger partial charge in [0, 0.05) is 37.1 Å². The van der Waals surface area contributed by atoms with Gasteiger partial charge in [-0.2, -0.15) is 4.31 Å². The van der Waals surface area contributed by atoms with E-state index in [0.29, 0.717) is 36.1 Å². The Morgan fingerprint density at radius 3 is 2.29 bits per heavy atom. The molecule has 1 aliphatic carbocycles. The molecule has 1 amide bonds. The third-order valence-corrected chi connectivity index (χ3v) is 8.56. The molecule has 0 spiro atoms. The summed E-state index contributed by atoms with van der Waals surface area (Å²) in [6.07, 6.45) is 0.804. The van der Waals surface area contributed by atoms with Crippen LogP contribution in [-0.4, -0.2) is 49.7 Å². The maximum atomic E-state index is 13.1. The summed E-state index contributed by atoms with van der Waals surface area (Å²) in [5.74, 6) is 0.219. The number of hydrogen-bond acceptors (Lipinski definition) is 3. The van der Waals surface area contributed by atoms with Crippen LogP contribution in [0.25, 0.3) is 10.8 Å². The van der Waals surface area contributed by atoms with Gasteiger partial charge in [-0.15, -0.1) is 0 Å². The summed E-state index contributed by atoms with van der Waals surface area (Å²) < 4.78 is 27.8. The lowest BCUT2D eigenvalue weighted by atomic mass is 10.1. The van der Waals surface area contributed by atoms with Gasteiger partial charge in [-0.1, -0.05) is 60.1 Å². The second-order valence-corrected chi connectivity index (χ2v) is 10.6. The Kier molecular flexibility index (Phi) is 5.24. The zero-order valence-corrected chi connectivity index (χ0v) is 18.5. The Balaban J connectivity index is 1.25. The molecule has 2 aliphatic rings. The fourth-order valence-corrected chi connectivity index (χ4v) is 6.18. The molecule has 5 rings (SSSR count). The number of halogens is 1. The van der Waals surface area contributed by atoms with Crippen molar-refractivity contribution in [1.82, 2.24) is 9.21 Å². The van der Waals surface area contributed by atoms with Crippen LogP contribution in [0.15, 0.2) is 71.6 Å². The number of hydrogen-bond donors (Lipinski definition) is 0. The van der Waals surface area contributed by atoms with Gasteiger partial charge in [0.2, 0.25) is 15.9 Å². The SMILES string of the molecule is O=C(C1CC1c1ccccc1Cl)N1CCN(S(=O)(=O)c2ccc3ccccc3c2)CC1. The van der Waals surface area contributed by atoms with Crippen molar-refractivity contribution in [3.05, 3.63) is 77.3 Å². The summed E-state index contributed by atoms with van der Waals surface area (Å²) >= 11 is 6.28. The Morgan fingerprint density at radius 2 is 1.55 bits per heavy atom. The molecule has 1 heterocycles. The van der Waals surface area contributed by atoms with E-state index in [4.69, 9.17) is 11.6 Å². The Bertz CT molecular complexity index is 1250. The molecule has 1 aliphatic heterocycles. The molecule has 0 N–H and O–H groups in total. The quantitative estimate of drug-likeness (QED) is 0.595. The Labute approximate surface area is 187 Å². The number of fused-ring (bicyclic) bond motifs is 1. The maximum absolute atomic E-state index is 13.1. The third kappa shape index (κ3) is 3.84. The van der Waals surface area contributed by atoms with Crippen LogP contribution < -0.4 is 0 Å². The smallest absolute Gasteiger partial charge is 0.243 e. The van der Waals surface area contributed by atoms with Crippen LogP contribution >= 0.6 is 11.6 Å². The normalized spacial score (nSPS) is 21.9. The van der Waals surface area contributed by atoms with Gasteiger partial charge in [0.15, 0.2) is 0 Å². The lowest BCUT2D eigenvalue weighted by Gasteiger charge is -2.34. The van der Waals surface area contributed by atoms with Crippen molar-refractivity contribution in [2.24, 2.45) is 5.92 Å². The number of nitrogens with zero attached hydrogens (tertiary/aromatic N) is 2. The predicted octanol–water partition coefficient (Wildman–Crippen LogP) is 4.13. The monoisotopic (exact) mass is 454 g/mol. The molecular formula is C24H23ClN2O3S. The summed E-state index contributed by atoms with van der Waals surface area (Å²) in [5, 5.41) is 2.61. The number of amides is 1. The van der Waals surface area contributed by atoms with Crippen LogP contribution in [0, 0.1) is 5.92 Å². The minimum atomic E-state index is -3.59. The average molecular weight is 455 g/mol. The van der Waals surface area contributed by atoms with Crippen LogP contribution in [-0.2, 0) is 14.8 Å². The topological polar surface area (TPSA) is 57.7 Å². The number of rotatable bonds is 4. The maximum Gasteiger partial charge on any atom is 0.243 e. The van der Waals surface area contributed by atoms with E-state index in [1.165, 1.54) is 4.31 Å². The summed E-state index contributed by atoms with van der Waals surface area (Å²) in [6.45, 7) is 1.45. The third-order valence-electron chi connectivity index (χ3n) is 6.32. The molecule has 0 aromatic heterocycles. The summed E-state index contributed by atoms with van der Waals surface area (Å²) in [7, 11) is -3.59. The predicted molar refractivity (Wildman–Crippen MR) is 122 cm³/mol. The summed E-state index contributed by atoms with van der Waals surface area (Å²) in [5.41, 5.74) is 1.03. The molecule has 1 saturated heterocycles. The zero-order valence-electron chi connectivity index (χ0n) is 16.9. The fraction of sp³-hybridized carbons (Fsp3) is 0.292. The zero-order chi connectivity index (χ0) is 21.6. The number of sulfonamides is 1. The van der Waals surface area contributed by atoms with Gasteiger partial charge in [0.25, 0.3) is 0 Å². The second kappa shape index (κ2) is 7.93. The van der Waals surface area contributed by atoms with Gasteiger partial charge < -0.3 is 4.90 Å². The highest BCUT2D eigenvalue weighted by atomic mass is 35.5. The van der Waals surface area contributed by atoms with Gasteiger partial charge in [-0.25, -0.2) is 8.42 Å². The summed E-state index contributed by atoms with van der Waals surface area (Å²) in [6, 6.07) is 20.6. The molecule has 5 nitrogen and oxygen atoms in total. The van der Waals surface area contributed by atoms with E-state index in [2.05, 4.69) is 0 Å². The van der Waals surface area contributed by atoms with Crippen LogP contribution in [0.1, 0.15) is 17.9 Å². The van der Waals surface area contributed by atoms with Gasteiger partial charge in [-0.05, 0) is 46.9 Å². The number of carbonyl (C=O) groups excluding carboxylic acids is 1. The fourth-order valence-electron chi connectivity index (χ4n) is 4.45. The van der Waals surface area contributed by atoms with Gasteiger partial charge in [-0.3, -0.25) is 4.79 Å². The standard InChI is InChI=1S/C24H23ClN2O3S/c25-23-8-4-3-7-20(23)21-16-22(21)24(28)26-11-13-27(14-12-26)31(29,30)19-10-9-17-5-1-2-6-18(17)15-19/h1-10,15,21-22H,11-14,16H2. The molecular weight excluding hydrogens is 432 g/mol. The van der Waals surface area contributed by atoms with Gasteiger partial charge >= 0.3 is 0 Å². The molecule has 2 atom stereocenters. The lowest BCUT2D eigenvalue weighted by Crippen LogP contribution is -2.51. The lowest BCUT2D eigenvalue weighted by molar-refractivity contribution is -0.133. The van der Waals surface area contributed by atoms with Crippen LogP contribution in [0.2, 0.25) is 5.02 Å². The number of benzene rings is 3. The number of piperazine rings is 1. The van der Waals surface area contributed by atoms with Crippen molar-refractivity contribution in [3.8, 4) is 0 Å². The van der Waals surface area contributed by atoms with E-state index in [1.54, 1.807) is 17.0 Å². The molecule has 1 saturated carbocycles. The molecule has 0 radical (unpaired) electrons. The highest BCUT2D eigenvalue weighted by molar-refractivity contribution is 7.89. The molecule has 31 heavy (non-hydrogen) atoms. The van der Waals surface area contributed by atoms with Crippen molar-refractivity contribution in [2.45, 2.75) is 17.2 Å². The molecule has 2 unspecified atom stereocenters. The molecule has 0 bridgehead atoms. The average Bonchev–Trinajstić information content (AvgIpc) is 3.59. The van der Waals surface area contributed by atoms with Crippen LogP contribution in [0.5, 0.6) is 0 Å². The first-order valence-corrected chi connectivity index (χ1v) is 12.3. The van der Waals surface area contributed by atoms with Gasteiger partial charge in [0.05, 0.1) is 4.90 Å². The van der Waals surface area contributed by atoms with Crippen molar-refractivity contribution < 1.29 is 13.2 Å². The van der Waals surface area contributed by atoms with E-state index >= 15 is 0 Å². The van der Waals surface area contributed by atoms with E-state index in [1.807, 2.05) is 54.6 Å². The largest absolute Gasteiger partial charge is 0.340 e. The van der Waals surface area contributed by atoms with Crippen molar-refractivity contribution in [1.29, 1.82) is 0 Å². The number of carbonyl (C=O) groups is 1. The van der Waals surface area contributed by atoms with E-state index in [-0.39, 0.29) is 17.7 Å². The minimum absolute atomic E-state index is 0.0523. The molecule has 3 aromatic carbocycles. The highest BCUT2D eigenvalue weighted by Crippen LogP contribution is 2.50. The second-order valence-electron chi connectivity index (χ2n) is 8.21. The van der Waals surface area contributed by atoms with E-state index in [0.717, 1.165) is 22.8 Å². The van der Waals surface area contributed by atoms with Gasteiger partial charge in [0.1, 0.15) is 0 Å². The van der Waals surface area contributed by atoms with E-state index < -0.39 is 10.0 Å². The van der Waals surface area contributed by atoms with Crippen LogP contribution in [0.3, 0.4) is 0 Å². The first-order chi connectivity index (χ1) is 14.9. The first-order valence-electron chi connectivity index (χ1n) is 10.5. The van der Waals surface area contributed by atoms with Crippen molar-refractivity contribution in [2.75, 3.05) is 26.2 Å². The Morgan fingerprint density at radius 1 is 0.871 bits per heavy atom. The summed E-state index contributed by atoms with van der Waals surface area (Å²) in [4.78, 5) is 15.0. The van der Waals surface area contributed by atoms with Crippen molar-refractivity contribution in [3.63, 3.8) is 0 Å². The van der Waals surface area contributed by atoms with Crippen molar-refractivity contribution >= 4 is 38.3 Å². The molecule has 3 aromatic rings. The minimum Gasteiger partial charge on any atom is -0.340 e. The Hall–Kier alpha value is -2.41. The molecule has 7 heteroatoms. The molecule has 160 valence electrons. The first kappa shape index (κ1) is 20.5. The highest BCUT2D eigenvalue weighted by Gasteiger charge is 2.47. The molecule has 2 fully saturated rings.